The van der Waals surface area contributed by atoms with Crippen LogP contribution in [0.3, 0.4) is 0 Å². The van der Waals surface area contributed by atoms with Crippen LogP contribution in [0.5, 0.6) is 0 Å². The van der Waals surface area contributed by atoms with Crippen LogP contribution in [0.15, 0.2) is 29.3 Å². The Hall–Kier alpha value is -1.91. The Balaban J connectivity index is 0.00000729. The zero-order chi connectivity index (χ0) is 20.3. The standard InChI is InChI=1S/C19H31N5O3.HI/c1-5-20-18(22-14-17(25)23-19(2,3)4)21-13-7-6-8-15-9-11-16(12-10-15)24(26)27;/h9-12H,5-8,13-14H2,1-4H3,(H,23,25)(H2,20,21,22);1H. The predicted octanol–water partition coefficient (Wildman–Crippen LogP) is 3.01. The van der Waals surface area contributed by atoms with Crippen molar-refractivity contribution in [2.75, 3.05) is 19.6 Å². The fraction of sp³-hybridized carbons (Fsp3) is 0.579. The van der Waals surface area contributed by atoms with Gasteiger partial charge >= 0.3 is 0 Å². The molecule has 0 aliphatic rings. The molecule has 8 nitrogen and oxygen atoms in total. The molecule has 0 heterocycles. The third-order valence-corrected chi connectivity index (χ3v) is 3.57. The number of aryl methyl sites for hydroxylation is 1. The van der Waals surface area contributed by atoms with Crippen molar-refractivity contribution >= 4 is 41.5 Å². The Morgan fingerprint density at radius 2 is 1.79 bits per heavy atom. The molecule has 0 radical (unpaired) electrons. The van der Waals surface area contributed by atoms with E-state index in [-0.39, 0.29) is 47.7 Å². The van der Waals surface area contributed by atoms with Crippen LogP contribution in [0.25, 0.3) is 0 Å². The Kier molecular flexibility index (Phi) is 12.4. The first-order valence-corrected chi connectivity index (χ1v) is 9.28. The minimum atomic E-state index is -0.392. The predicted molar refractivity (Wildman–Crippen MR) is 123 cm³/mol. The minimum Gasteiger partial charge on any atom is -0.357 e. The summed E-state index contributed by atoms with van der Waals surface area (Å²) in [5, 5.41) is 19.9. The number of nitro groups is 1. The first-order valence-electron chi connectivity index (χ1n) is 9.28. The maximum Gasteiger partial charge on any atom is 0.269 e. The number of nitro benzene ring substituents is 1. The number of nitrogens with one attached hydrogen (secondary N) is 3. The van der Waals surface area contributed by atoms with Crippen LogP contribution >= 0.6 is 24.0 Å². The highest BCUT2D eigenvalue weighted by molar-refractivity contribution is 14.0. The second kappa shape index (κ2) is 13.3. The monoisotopic (exact) mass is 505 g/mol. The van der Waals surface area contributed by atoms with Gasteiger partial charge in [-0.3, -0.25) is 14.9 Å². The van der Waals surface area contributed by atoms with E-state index >= 15 is 0 Å². The quantitative estimate of drug-likeness (QED) is 0.119. The molecule has 9 heteroatoms. The van der Waals surface area contributed by atoms with Crippen molar-refractivity contribution in [3.8, 4) is 0 Å². The molecule has 1 rings (SSSR count). The SMILES string of the molecule is CCNC(=NCC(=O)NC(C)(C)C)NCCCCc1ccc([N+](=O)[O-])cc1.I. The lowest BCUT2D eigenvalue weighted by Crippen LogP contribution is -2.43. The molecule has 0 aliphatic heterocycles. The summed E-state index contributed by atoms with van der Waals surface area (Å²) >= 11 is 0. The van der Waals surface area contributed by atoms with Gasteiger partial charge in [0.15, 0.2) is 5.96 Å². The number of non-ortho nitro benzene ring substituents is 1. The van der Waals surface area contributed by atoms with E-state index < -0.39 is 4.92 Å². The molecule has 0 aromatic heterocycles. The van der Waals surface area contributed by atoms with Crippen LogP contribution < -0.4 is 16.0 Å². The number of aliphatic imine (C=N–C) groups is 1. The van der Waals surface area contributed by atoms with Gasteiger partial charge < -0.3 is 16.0 Å². The molecule has 0 saturated heterocycles. The number of halogens is 1. The number of hydrogen-bond donors (Lipinski definition) is 3. The van der Waals surface area contributed by atoms with Crippen molar-refractivity contribution in [1.29, 1.82) is 0 Å². The van der Waals surface area contributed by atoms with Gasteiger partial charge in [0, 0.05) is 30.8 Å². The average molecular weight is 505 g/mol. The molecule has 0 unspecified atom stereocenters. The van der Waals surface area contributed by atoms with Gasteiger partial charge in [-0.1, -0.05) is 12.1 Å². The maximum absolute atomic E-state index is 11.9. The van der Waals surface area contributed by atoms with Crippen LogP contribution in [-0.2, 0) is 11.2 Å². The number of hydrogen-bond acceptors (Lipinski definition) is 4. The zero-order valence-corrected chi connectivity index (χ0v) is 19.4. The van der Waals surface area contributed by atoms with Gasteiger partial charge in [-0.25, -0.2) is 4.99 Å². The van der Waals surface area contributed by atoms with Crippen molar-refractivity contribution in [3.05, 3.63) is 39.9 Å². The molecule has 1 aromatic rings. The summed E-state index contributed by atoms with van der Waals surface area (Å²) in [5.41, 5.74) is 0.929. The minimum absolute atomic E-state index is 0. The van der Waals surface area contributed by atoms with E-state index in [1.165, 1.54) is 12.1 Å². The molecule has 1 aromatic carbocycles. The van der Waals surface area contributed by atoms with E-state index in [9.17, 15) is 14.9 Å². The first-order chi connectivity index (χ1) is 12.7. The topological polar surface area (TPSA) is 109 Å². The molecule has 158 valence electrons. The second-order valence-electron chi connectivity index (χ2n) is 7.30. The molecule has 0 fully saturated rings. The third-order valence-electron chi connectivity index (χ3n) is 3.57. The summed E-state index contributed by atoms with van der Waals surface area (Å²) in [6.07, 6.45) is 2.74. The lowest BCUT2D eigenvalue weighted by atomic mass is 10.1. The van der Waals surface area contributed by atoms with Gasteiger partial charge in [0.1, 0.15) is 6.54 Å². The summed E-state index contributed by atoms with van der Waals surface area (Å²) < 4.78 is 0. The van der Waals surface area contributed by atoms with Crippen LogP contribution in [0.4, 0.5) is 5.69 Å². The summed E-state index contributed by atoms with van der Waals surface area (Å²) in [6, 6.07) is 6.66. The largest absolute Gasteiger partial charge is 0.357 e. The Bertz CT molecular complexity index is 642. The normalized spacial score (nSPS) is 11.4. The second-order valence-corrected chi connectivity index (χ2v) is 7.30. The van der Waals surface area contributed by atoms with E-state index in [1.54, 1.807) is 12.1 Å². The molecule has 0 aliphatic carbocycles. The highest BCUT2D eigenvalue weighted by Crippen LogP contribution is 2.13. The van der Waals surface area contributed by atoms with Crippen LogP contribution in [0.2, 0.25) is 0 Å². The Morgan fingerprint density at radius 1 is 1.14 bits per heavy atom. The van der Waals surface area contributed by atoms with E-state index in [2.05, 4.69) is 20.9 Å². The summed E-state index contributed by atoms with van der Waals surface area (Å²) in [4.78, 5) is 26.4. The number of amides is 1. The van der Waals surface area contributed by atoms with Crippen molar-refractivity contribution in [1.82, 2.24) is 16.0 Å². The molecular weight excluding hydrogens is 473 g/mol. The zero-order valence-electron chi connectivity index (χ0n) is 17.1. The lowest BCUT2D eigenvalue weighted by Gasteiger charge is -2.20. The highest BCUT2D eigenvalue weighted by Gasteiger charge is 2.13. The molecule has 0 bridgehead atoms. The number of carbonyl (C=O) groups is 1. The van der Waals surface area contributed by atoms with Gasteiger partial charge in [-0.05, 0) is 52.5 Å². The molecule has 3 N–H and O–H groups in total. The summed E-state index contributed by atoms with van der Waals surface area (Å²) in [5.74, 6) is 0.509. The molecule has 28 heavy (non-hydrogen) atoms. The van der Waals surface area contributed by atoms with E-state index in [4.69, 9.17) is 0 Å². The van der Waals surface area contributed by atoms with E-state index in [0.29, 0.717) is 5.96 Å². The van der Waals surface area contributed by atoms with Crippen molar-refractivity contribution in [2.24, 2.45) is 4.99 Å². The number of guanidine groups is 1. The molecule has 0 spiro atoms. The van der Waals surface area contributed by atoms with Gasteiger partial charge in [-0.15, -0.1) is 24.0 Å². The summed E-state index contributed by atoms with van der Waals surface area (Å²) in [6.45, 7) is 9.31. The fourth-order valence-corrected chi connectivity index (χ4v) is 2.40. The number of unbranched alkanes of at least 4 members (excludes halogenated alkanes) is 1. The maximum atomic E-state index is 11.9. The number of nitrogens with zero attached hydrogens (tertiary/aromatic N) is 2. The Labute approximate surface area is 184 Å². The van der Waals surface area contributed by atoms with Crippen LogP contribution in [0.1, 0.15) is 46.1 Å². The lowest BCUT2D eigenvalue weighted by molar-refractivity contribution is -0.384. The van der Waals surface area contributed by atoms with Crippen molar-refractivity contribution < 1.29 is 9.72 Å². The number of rotatable bonds is 9. The average Bonchev–Trinajstić information content (AvgIpc) is 2.58. The molecule has 0 atom stereocenters. The number of carbonyl (C=O) groups excluding carboxylic acids is 1. The third kappa shape index (κ3) is 11.7. The molecule has 0 saturated carbocycles. The van der Waals surface area contributed by atoms with Crippen LogP contribution in [0, 0.1) is 10.1 Å². The van der Waals surface area contributed by atoms with Gasteiger partial charge in [0.25, 0.3) is 5.69 Å². The van der Waals surface area contributed by atoms with E-state index in [1.807, 2.05) is 27.7 Å². The van der Waals surface area contributed by atoms with Gasteiger partial charge in [0.2, 0.25) is 5.91 Å². The van der Waals surface area contributed by atoms with Crippen molar-refractivity contribution in [2.45, 2.75) is 52.5 Å². The van der Waals surface area contributed by atoms with Gasteiger partial charge in [-0.2, -0.15) is 0 Å². The summed E-state index contributed by atoms with van der Waals surface area (Å²) in [7, 11) is 0. The number of benzene rings is 1. The fourth-order valence-electron chi connectivity index (χ4n) is 2.40. The first kappa shape index (κ1) is 26.1. The van der Waals surface area contributed by atoms with Crippen molar-refractivity contribution in [3.63, 3.8) is 0 Å². The smallest absolute Gasteiger partial charge is 0.269 e. The van der Waals surface area contributed by atoms with Crippen LogP contribution in [-0.4, -0.2) is 42.0 Å². The highest BCUT2D eigenvalue weighted by atomic mass is 127. The molecule has 1 amide bonds. The van der Waals surface area contributed by atoms with Gasteiger partial charge in [0.05, 0.1) is 4.92 Å². The molecular formula is C19H32IN5O3. The van der Waals surface area contributed by atoms with E-state index in [0.717, 1.165) is 37.9 Å². The Morgan fingerprint density at radius 3 is 2.32 bits per heavy atom.